The molecule has 1 saturated heterocycles. The van der Waals surface area contributed by atoms with Gasteiger partial charge >= 0.3 is 0 Å². The first kappa shape index (κ1) is 14.8. The molecule has 0 N–H and O–H groups in total. The van der Waals surface area contributed by atoms with Crippen molar-refractivity contribution in [3.63, 3.8) is 0 Å². The summed E-state index contributed by atoms with van der Waals surface area (Å²) in [4.78, 5) is 5.32. The molecule has 1 unspecified atom stereocenters. The highest BCUT2D eigenvalue weighted by atomic mass is 79.9. The van der Waals surface area contributed by atoms with Crippen molar-refractivity contribution in [2.75, 3.05) is 38.6 Å². The van der Waals surface area contributed by atoms with Gasteiger partial charge in [0.05, 0.1) is 0 Å². The fourth-order valence-electron chi connectivity index (χ4n) is 3.78. The van der Waals surface area contributed by atoms with Crippen LogP contribution >= 0.6 is 15.9 Å². The van der Waals surface area contributed by atoms with Crippen molar-refractivity contribution >= 4 is 15.9 Å². The molecular weight excluding hydrogens is 288 g/mol. The lowest BCUT2D eigenvalue weighted by atomic mass is 9.87. The molecule has 1 heterocycles. The van der Waals surface area contributed by atoms with E-state index in [0.29, 0.717) is 5.41 Å². The highest BCUT2D eigenvalue weighted by Crippen LogP contribution is 2.40. The van der Waals surface area contributed by atoms with Crippen LogP contribution in [0, 0.1) is 5.41 Å². The predicted octanol–water partition coefficient (Wildman–Crippen LogP) is 3.36. The smallest absolute Gasteiger partial charge is 0.0220 e. The molecule has 2 aliphatic rings. The highest BCUT2D eigenvalue weighted by Gasteiger charge is 2.36. The van der Waals surface area contributed by atoms with Crippen molar-refractivity contribution in [1.82, 2.24) is 9.80 Å². The van der Waals surface area contributed by atoms with Crippen molar-refractivity contribution in [2.24, 2.45) is 5.41 Å². The Labute approximate surface area is 121 Å². The Balaban J connectivity index is 2.00. The molecule has 2 rings (SSSR count). The Bertz CT molecular complexity index is 251. The molecule has 0 bridgehead atoms. The number of nitrogens with zero attached hydrogens (tertiary/aromatic N) is 2. The normalized spacial score (nSPS) is 30.5. The van der Waals surface area contributed by atoms with E-state index in [-0.39, 0.29) is 0 Å². The molecular formula is C15H29BrN2. The molecule has 2 fully saturated rings. The fourth-order valence-corrected chi connectivity index (χ4v) is 4.52. The summed E-state index contributed by atoms with van der Waals surface area (Å²) in [6.45, 7) is 7.51. The van der Waals surface area contributed by atoms with Crippen LogP contribution < -0.4 is 0 Å². The summed E-state index contributed by atoms with van der Waals surface area (Å²) in [5.74, 6) is 0. The van der Waals surface area contributed by atoms with Crippen LogP contribution in [0.2, 0.25) is 0 Å². The SMILES string of the molecule is CCC1CN(C)CCCN1CC1(CBr)CCCC1. The molecule has 0 aromatic carbocycles. The van der Waals surface area contributed by atoms with E-state index in [9.17, 15) is 0 Å². The van der Waals surface area contributed by atoms with E-state index in [4.69, 9.17) is 0 Å². The van der Waals surface area contributed by atoms with E-state index in [2.05, 4.69) is 39.7 Å². The van der Waals surface area contributed by atoms with E-state index in [0.717, 1.165) is 6.04 Å². The van der Waals surface area contributed by atoms with Gasteiger partial charge in [0.2, 0.25) is 0 Å². The molecule has 2 nitrogen and oxygen atoms in total. The zero-order valence-corrected chi connectivity index (χ0v) is 13.7. The van der Waals surface area contributed by atoms with Crippen LogP contribution in [0.5, 0.6) is 0 Å². The van der Waals surface area contributed by atoms with Gasteiger partial charge in [0.15, 0.2) is 0 Å². The number of rotatable bonds is 4. The third kappa shape index (κ3) is 3.49. The molecule has 18 heavy (non-hydrogen) atoms. The van der Waals surface area contributed by atoms with Gasteiger partial charge in [-0.05, 0) is 51.2 Å². The Kier molecular flexibility index (Phi) is 5.52. The second-order valence-electron chi connectivity index (χ2n) is 6.49. The van der Waals surface area contributed by atoms with Gasteiger partial charge in [-0.3, -0.25) is 4.90 Å². The molecule has 0 spiro atoms. The van der Waals surface area contributed by atoms with Gasteiger partial charge in [-0.2, -0.15) is 0 Å². The van der Waals surface area contributed by atoms with Crippen LogP contribution in [0.15, 0.2) is 0 Å². The van der Waals surface area contributed by atoms with Crippen LogP contribution in [0.4, 0.5) is 0 Å². The third-order valence-electron chi connectivity index (χ3n) is 4.98. The number of hydrogen-bond acceptors (Lipinski definition) is 2. The molecule has 1 saturated carbocycles. The fraction of sp³-hybridized carbons (Fsp3) is 1.00. The maximum Gasteiger partial charge on any atom is 0.0220 e. The van der Waals surface area contributed by atoms with E-state index in [1.165, 1.54) is 70.0 Å². The van der Waals surface area contributed by atoms with Crippen LogP contribution in [0.1, 0.15) is 45.4 Å². The monoisotopic (exact) mass is 316 g/mol. The molecule has 0 aromatic heterocycles. The summed E-state index contributed by atoms with van der Waals surface area (Å²) in [6.07, 6.45) is 8.38. The Morgan fingerprint density at radius 1 is 1.17 bits per heavy atom. The van der Waals surface area contributed by atoms with Gasteiger partial charge in [0.25, 0.3) is 0 Å². The van der Waals surface area contributed by atoms with E-state index < -0.39 is 0 Å². The van der Waals surface area contributed by atoms with Crippen molar-refractivity contribution in [2.45, 2.75) is 51.5 Å². The lowest BCUT2D eigenvalue weighted by Gasteiger charge is -2.38. The summed E-state index contributed by atoms with van der Waals surface area (Å²) in [7, 11) is 2.28. The summed E-state index contributed by atoms with van der Waals surface area (Å²) < 4.78 is 0. The minimum atomic E-state index is 0.580. The van der Waals surface area contributed by atoms with Crippen molar-refractivity contribution in [3.05, 3.63) is 0 Å². The molecule has 1 aliphatic heterocycles. The zero-order valence-electron chi connectivity index (χ0n) is 12.1. The van der Waals surface area contributed by atoms with E-state index >= 15 is 0 Å². The topological polar surface area (TPSA) is 6.48 Å². The van der Waals surface area contributed by atoms with Gasteiger partial charge in [0, 0.05) is 24.5 Å². The molecule has 0 aromatic rings. The lowest BCUT2D eigenvalue weighted by molar-refractivity contribution is 0.121. The minimum Gasteiger partial charge on any atom is -0.305 e. The molecule has 1 aliphatic carbocycles. The zero-order chi connectivity index (χ0) is 13.0. The van der Waals surface area contributed by atoms with E-state index in [1.54, 1.807) is 0 Å². The third-order valence-corrected chi connectivity index (χ3v) is 6.17. The van der Waals surface area contributed by atoms with Crippen molar-refractivity contribution in [1.29, 1.82) is 0 Å². The van der Waals surface area contributed by atoms with Crippen LogP contribution in [0.25, 0.3) is 0 Å². The molecule has 0 amide bonds. The molecule has 1 atom stereocenters. The number of halogens is 1. The van der Waals surface area contributed by atoms with Gasteiger partial charge in [-0.1, -0.05) is 35.7 Å². The first-order valence-corrected chi connectivity index (χ1v) is 8.80. The molecule has 0 radical (unpaired) electrons. The number of alkyl halides is 1. The van der Waals surface area contributed by atoms with Crippen LogP contribution in [-0.4, -0.2) is 54.4 Å². The van der Waals surface area contributed by atoms with Crippen LogP contribution in [-0.2, 0) is 0 Å². The first-order valence-electron chi connectivity index (χ1n) is 7.68. The lowest BCUT2D eigenvalue weighted by Crippen LogP contribution is -2.45. The largest absolute Gasteiger partial charge is 0.305 e. The summed E-state index contributed by atoms with van der Waals surface area (Å²) in [5.41, 5.74) is 0.580. The molecule has 3 heteroatoms. The highest BCUT2D eigenvalue weighted by molar-refractivity contribution is 9.09. The average molecular weight is 317 g/mol. The minimum absolute atomic E-state index is 0.580. The summed E-state index contributed by atoms with van der Waals surface area (Å²) >= 11 is 3.80. The summed E-state index contributed by atoms with van der Waals surface area (Å²) in [6, 6.07) is 0.772. The standard InChI is InChI=1S/C15H29BrN2/c1-3-14-11-17(2)9-6-10-18(14)13-15(12-16)7-4-5-8-15/h14H,3-13H2,1-2H3. The maximum atomic E-state index is 3.80. The van der Waals surface area contributed by atoms with E-state index in [1.807, 2.05) is 0 Å². The van der Waals surface area contributed by atoms with Crippen LogP contribution in [0.3, 0.4) is 0 Å². The number of hydrogen-bond donors (Lipinski definition) is 0. The van der Waals surface area contributed by atoms with Gasteiger partial charge < -0.3 is 4.90 Å². The predicted molar refractivity (Wildman–Crippen MR) is 82.5 cm³/mol. The maximum absolute atomic E-state index is 3.80. The Morgan fingerprint density at radius 2 is 1.89 bits per heavy atom. The van der Waals surface area contributed by atoms with Gasteiger partial charge in [0.1, 0.15) is 0 Å². The van der Waals surface area contributed by atoms with Crippen molar-refractivity contribution < 1.29 is 0 Å². The quantitative estimate of drug-likeness (QED) is 0.734. The van der Waals surface area contributed by atoms with Crippen molar-refractivity contribution in [3.8, 4) is 0 Å². The second-order valence-corrected chi connectivity index (χ2v) is 7.05. The average Bonchev–Trinajstić information content (AvgIpc) is 2.76. The first-order chi connectivity index (χ1) is 8.69. The van der Waals surface area contributed by atoms with Gasteiger partial charge in [-0.15, -0.1) is 0 Å². The van der Waals surface area contributed by atoms with Gasteiger partial charge in [-0.25, -0.2) is 0 Å². The Morgan fingerprint density at radius 3 is 2.50 bits per heavy atom. The molecule has 106 valence electrons. The number of likely N-dealkylation sites (N-methyl/N-ethyl adjacent to an activating group) is 1. The summed E-state index contributed by atoms with van der Waals surface area (Å²) in [5, 5.41) is 1.20. The Hall–Kier alpha value is 0.400. The second kappa shape index (κ2) is 6.71.